The summed E-state index contributed by atoms with van der Waals surface area (Å²) in [7, 11) is -3.11. The minimum absolute atomic E-state index is 0.726. The quantitative estimate of drug-likeness (QED) is 0.227. The second-order valence-corrected chi connectivity index (χ2v) is 12.0. The van der Waals surface area contributed by atoms with E-state index in [1.54, 1.807) is 6.20 Å². The predicted octanol–water partition coefficient (Wildman–Crippen LogP) is 5.74. The number of para-hydroxylation sites is 2. The lowest BCUT2D eigenvalue weighted by Crippen LogP contribution is -2.32. The summed E-state index contributed by atoms with van der Waals surface area (Å²) < 4.78 is 17.2. The minimum Gasteiger partial charge on any atom is -0.308 e. The molecule has 174 valence electrons. The highest BCUT2D eigenvalue weighted by Crippen LogP contribution is 2.49. The lowest BCUT2D eigenvalue weighted by Gasteiger charge is -2.29. The molecule has 1 unspecified atom stereocenters. The maximum Gasteiger partial charge on any atom is 0.175 e. The van der Waals surface area contributed by atoms with E-state index in [0.29, 0.717) is 0 Å². The first-order valence-corrected chi connectivity index (χ1v) is 13.9. The van der Waals surface area contributed by atoms with E-state index in [4.69, 9.17) is 9.97 Å². The molecule has 7 aromatic rings. The van der Waals surface area contributed by atoms with Gasteiger partial charge in [-0.05, 0) is 36.4 Å². The molecule has 0 amide bonds. The Morgan fingerprint density at radius 2 is 1.38 bits per heavy atom. The van der Waals surface area contributed by atoms with Crippen molar-refractivity contribution in [3.63, 3.8) is 0 Å². The molecule has 5 nitrogen and oxygen atoms in total. The Kier molecular flexibility index (Phi) is 4.14. The van der Waals surface area contributed by atoms with Crippen LogP contribution in [0, 0.1) is 0 Å². The molecule has 37 heavy (non-hydrogen) atoms. The molecule has 1 atom stereocenters. The molecule has 4 aromatic carbocycles. The fraction of sp³-hybridized carbons (Fsp3) is 0. The summed E-state index contributed by atoms with van der Waals surface area (Å²) in [6.07, 6.45) is 1.80. The van der Waals surface area contributed by atoms with Crippen molar-refractivity contribution in [1.29, 1.82) is 0 Å². The number of pyridine rings is 2. The van der Waals surface area contributed by atoms with E-state index in [1.165, 1.54) is 0 Å². The van der Waals surface area contributed by atoms with Crippen LogP contribution in [0.1, 0.15) is 0 Å². The number of hydrogen-bond donors (Lipinski definition) is 0. The maximum absolute atomic E-state index is 15.1. The molecule has 0 spiro atoms. The van der Waals surface area contributed by atoms with Crippen LogP contribution < -0.4 is 15.9 Å². The van der Waals surface area contributed by atoms with Crippen molar-refractivity contribution < 1.29 is 4.57 Å². The smallest absolute Gasteiger partial charge is 0.175 e. The summed E-state index contributed by atoms with van der Waals surface area (Å²) >= 11 is 0. The van der Waals surface area contributed by atoms with Crippen LogP contribution in [-0.4, -0.2) is 19.5 Å². The summed E-state index contributed by atoms with van der Waals surface area (Å²) in [5.41, 5.74) is 5.02. The Hall–Kier alpha value is -4.60. The Morgan fingerprint density at radius 1 is 0.622 bits per heavy atom. The molecule has 8 rings (SSSR count). The van der Waals surface area contributed by atoms with Crippen molar-refractivity contribution in [2.45, 2.75) is 0 Å². The molecule has 0 saturated heterocycles. The second-order valence-electron chi connectivity index (χ2n) is 9.26. The predicted molar refractivity (Wildman–Crippen MR) is 150 cm³/mol. The molecule has 0 N–H and O–H groups in total. The molecule has 0 radical (unpaired) electrons. The zero-order chi connectivity index (χ0) is 24.6. The monoisotopic (exact) mass is 494 g/mol. The number of rotatable bonds is 2. The van der Waals surface area contributed by atoms with Crippen molar-refractivity contribution in [3.05, 3.63) is 115 Å². The van der Waals surface area contributed by atoms with E-state index < -0.39 is 7.14 Å². The summed E-state index contributed by atoms with van der Waals surface area (Å²) in [5.74, 6) is 0.726. The molecular formula is C31H19N4OP. The molecule has 1 aliphatic rings. The lowest BCUT2D eigenvalue weighted by atomic mass is 10.1. The van der Waals surface area contributed by atoms with E-state index >= 15 is 4.57 Å². The first-order chi connectivity index (χ1) is 18.2. The van der Waals surface area contributed by atoms with E-state index in [2.05, 4.69) is 27.8 Å². The highest BCUT2D eigenvalue weighted by atomic mass is 31.2. The van der Waals surface area contributed by atoms with Crippen molar-refractivity contribution in [3.8, 4) is 17.2 Å². The van der Waals surface area contributed by atoms with Crippen LogP contribution in [0.5, 0.6) is 0 Å². The number of hydrogen-bond acceptors (Lipinski definition) is 4. The summed E-state index contributed by atoms with van der Waals surface area (Å²) in [5, 5.41) is 4.52. The Labute approximate surface area is 212 Å². The normalized spacial score (nSPS) is 16.3. The lowest BCUT2D eigenvalue weighted by molar-refractivity contribution is 0.592. The molecule has 3 aromatic heterocycles. The van der Waals surface area contributed by atoms with Crippen molar-refractivity contribution in [1.82, 2.24) is 19.5 Å². The standard InChI is InChI=1S/C31H19N4OP/c36-37(22-9-2-1-3-10-22)26-13-5-4-12-25(26)35-30-23(11-6-14-27(30)37)34-31(35)24-18-17-21-16-15-20-8-7-19-32-28(20)29(21)33-24/h1-19H. The third-order valence-electron chi connectivity index (χ3n) is 7.24. The SMILES string of the molecule is O=P1(c2ccccc2)c2ccccc2-n2c(-c3ccc4ccc5cccnc5c4n3)nc3cccc1c32. The van der Waals surface area contributed by atoms with Gasteiger partial charge in [-0.3, -0.25) is 9.55 Å². The average Bonchev–Trinajstić information content (AvgIpc) is 3.36. The Balaban J connectivity index is 1.48. The highest BCUT2D eigenvalue weighted by Gasteiger charge is 2.39. The van der Waals surface area contributed by atoms with Crippen LogP contribution in [0.4, 0.5) is 0 Å². The van der Waals surface area contributed by atoms with E-state index in [-0.39, 0.29) is 0 Å². The summed E-state index contributed by atoms with van der Waals surface area (Å²) in [6.45, 7) is 0. The van der Waals surface area contributed by atoms with Crippen LogP contribution in [-0.2, 0) is 4.57 Å². The molecule has 4 heterocycles. The molecular weight excluding hydrogens is 475 g/mol. The zero-order valence-electron chi connectivity index (χ0n) is 19.6. The third-order valence-corrected chi connectivity index (χ3v) is 10.4. The maximum atomic E-state index is 15.1. The van der Waals surface area contributed by atoms with Gasteiger partial charge in [-0.15, -0.1) is 0 Å². The van der Waals surface area contributed by atoms with Crippen molar-refractivity contribution in [2.75, 3.05) is 0 Å². The van der Waals surface area contributed by atoms with Crippen LogP contribution in [0.2, 0.25) is 0 Å². The van der Waals surface area contributed by atoms with Gasteiger partial charge in [0.2, 0.25) is 0 Å². The number of imidazole rings is 1. The number of fused-ring (bicyclic) bond motifs is 5. The summed E-state index contributed by atoms with van der Waals surface area (Å²) in [4.78, 5) is 14.8. The molecule has 0 bridgehead atoms. The van der Waals surface area contributed by atoms with Crippen LogP contribution in [0.25, 0.3) is 50.0 Å². The number of nitrogens with zero attached hydrogens (tertiary/aromatic N) is 4. The van der Waals surface area contributed by atoms with E-state index in [1.807, 2.05) is 91.0 Å². The second kappa shape index (κ2) is 7.45. The number of benzene rings is 4. The molecule has 1 aliphatic heterocycles. The van der Waals surface area contributed by atoms with Crippen LogP contribution in [0.15, 0.2) is 115 Å². The first kappa shape index (κ1) is 20.6. The van der Waals surface area contributed by atoms with Gasteiger partial charge < -0.3 is 4.57 Å². The Morgan fingerprint density at radius 3 is 2.27 bits per heavy atom. The largest absolute Gasteiger partial charge is 0.308 e. The fourth-order valence-corrected chi connectivity index (χ4v) is 8.59. The Bertz CT molecular complexity index is 2080. The average molecular weight is 494 g/mol. The summed E-state index contributed by atoms with van der Waals surface area (Å²) in [6, 6.07) is 35.9. The molecule has 0 fully saturated rings. The van der Waals surface area contributed by atoms with Gasteiger partial charge in [-0.1, -0.05) is 72.8 Å². The topological polar surface area (TPSA) is 60.7 Å². The van der Waals surface area contributed by atoms with Gasteiger partial charge in [0, 0.05) is 32.9 Å². The van der Waals surface area contributed by atoms with Crippen LogP contribution in [0.3, 0.4) is 0 Å². The van der Waals surface area contributed by atoms with E-state index in [9.17, 15) is 0 Å². The third kappa shape index (κ3) is 2.75. The van der Waals surface area contributed by atoms with Gasteiger partial charge >= 0.3 is 0 Å². The van der Waals surface area contributed by atoms with E-state index in [0.717, 1.165) is 66.0 Å². The molecule has 0 saturated carbocycles. The molecule has 6 heteroatoms. The van der Waals surface area contributed by atoms with Gasteiger partial charge in [-0.2, -0.15) is 0 Å². The van der Waals surface area contributed by atoms with Crippen molar-refractivity contribution >= 4 is 55.9 Å². The van der Waals surface area contributed by atoms with Gasteiger partial charge in [-0.25, -0.2) is 9.97 Å². The number of aromatic nitrogens is 4. The van der Waals surface area contributed by atoms with Gasteiger partial charge in [0.05, 0.1) is 27.8 Å². The fourth-order valence-electron chi connectivity index (χ4n) is 5.58. The molecule has 0 aliphatic carbocycles. The minimum atomic E-state index is -3.11. The zero-order valence-corrected chi connectivity index (χ0v) is 20.5. The van der Waals surface area contributed by atoms with Gasteiger partial charge in [0.25, 0.3) is 0 Å². The highest BCUT2D eigenvalue weighted by molar-refractivity contribution is 7.86. The van der Waals surface area contributed by atoms with Gasteiger partial charge in [0.15, 0.2) is 13.0 Å². The van der Waals surface area contributed by atoms with Gasteiger partial charge in [0.1, 0.15) is 5.69 Å². The first-order valence-electron chi connectivity index (χ1n) is 12.2. The van der Waals surface area contributed by atoms with Crippen molar-refractivity contribution in [2.24, 2.45) is 0 Å². The van der Waals surface area contributed by atoms with Crippen LogP contribution >= 0.6 is 7.14 Å².